The number of carboxylic acid groups (broad SMARTS) is 1. The third kappa shape index (κ3) is 3.62. The van der Waals surface area contributed by atoms with Gasteiger partial charge in [-0.1, -0.05) is 17.7 Å². The van der Waals surface area contributed by atoms with Crippen molar-refractivity contribution < 1.29 is 23.5 Å². The van der Waals surface area contributed by atoms with E-state index in [4.69, 9.17) is 21.1 Å². The summed E-state index contributed by atoms with van der Waals surface area (Å²) in [6.07, 6.45) is 0.697. The zero-order chi connectivity index (χ0) is 16.3. The van der Waals surface area contributed by atoms with Crippen molar-refractivity contribution in [3.05, 3.63) is 52.5 Å². The first-order valence-electron chi connectivity index (χ1n) is 6.26. The number of oxazole rings is 1. The molecule has 1 aromatic heterocycles. The number of amides is 1. The Morgan fingerprint density at radius 2 is 2.23 bits per heavy atom. The van der Waals surface area contributed by atoms with Gasteiger partial charge < -0.3 is 14.8 Å². The van der Waals surface area contributed by atoms with Crippen LogP contribution in [0.15, 0.2) is 29.0 Å². The van der Waals surface area contributed by atoms with Gasteiger partial charge in [-0.2, -0.15) is 0 Å². The lowest BCUT2D eigenvalue weighted by Gasteiger charge is -2.17. The van der Waals surface area contributed by atoms with E-state index in [9.17, 15) is 14.0 Å². The van der Waals surface area contributed by atoms with Gasteiger partial charge >= 0.3 is 5.97 Å². The summed E-state index contributed by atoms with van der Waals surface area (Å²) in [5, 5.41) is 11.4. The highest BCUT2D eigenvalue weighted by molar-refractivity contribution is 6.30. The minimum Gasteiger partial charge on any atom is -0.481 e. The molecule has 0 aliphatic carbocycles. The summed E-state index contributed by atoms with van der Waals surface area (Å²) in [6, 6.07) is 2.92. The Labute approximate surface area is 129 Å². The summed E-state index contributed by atoms with van der Waals surface area (Å²) in [5.41, 5.74) is 0.337. The maximum atomic E-state index is 13.5. The number of carbonyl (C=O) groups excluding carboxylic acids is 1. The molecule has 0 aliphatic rings. The van der Waals surface area contributed by atoms with Crippen LogP contribution in [0.25, 0.3) is 0 Å². The van der Waals surface area contributed by atoms with Crippen LogP contribution < -0.4 is 5.32 Å². The Bertz CT molecular complexity index is 717. The summed E-state index contributed by atoms with van der Waals surface area (Å²) in [5.74, 6) is -2.14. The predicted octanol–water partition coefficient (Wildman–Crippen LogP) is 2.72. The minimum absolute atomic E-state index is 0.0461. The fraction of sp³-hybridized carbons (Fsp3) is 0.214. The Balaban J connectivity index is 2.26. The number of nitrogens with one attached hydrogen (secondary N) is 1. The van der Waals surface area contributed by atoms with Crippen molar-refractivity contribution >= 4 is 23.5 Å². The van der Waals surface area contributed by atoms with Crippen LogP contribution in [-0.2, 0) is 4.79 Å². The van der Waals surface area contributed by atoms with Gasteiger partial charge in [0, 0.05) is 0 Å². The average Bonchev–Trinajstić information content (AvgIpc) is 2.87. The lowest BCUT2D eigenvalue weighted by molar-refractivity contribution is -0.137. The number of aromatic nitrogens is 1. The zero-order valence-electron chi connectivity index (χ0n) is 11.5. The molecule has 116 valence electrons. The molecule has 0 fully saturated rings. The Morgan fingerprint density at radius 3 is 2.77 bits per heavy atom. The number of carboxylic acids is 1. The van der Waals surface area contributed by atoms with Crippen LogP contribution >= 0.6 is 11.6 Å². The smallest absolute Gasteiger partial charge is 0.305 e. The van der Waals surface area contributed by atoms with Gasteiger partial charge in [-0.3, -0.25) is 9.59 Å². The minimum atomic E-state index is -1.14. The molecule has 2 aromatic rings. The molecule has 2 N–H and O–H groups in total. The van der Waals surface area contributed by atoms with Crippen LogP contribution in [0.1, 0.15) is 34.3 Å². The third-order valence-electron chi connectivity index (χ3n) is 2.99. The van der Waals surface area contributed by atoms with Crippen LogP contribution in [0.3, 0.4) is 0 Å². The molecule has 0 spiro atoms. The van der Waals surface area contributed by atoms with Crippen LogP contribution in [0, 0.1) is 12.7 Å². The molecule has 0 aliphatic heterocycles. The maximum Gasteiger partial charge on any atom is 0.305 e. The largest absolute Gasteiger partial charge is 0.481 e. The molecule has 1 aromatic carbocycles. The standard InChI is InChI=1S/C14H12ClFN2O4/c1-7-13(17-6-22-7)14(21)18-11(5-12(19)20)8-2-3-9(15)10(16)4-8/h2-4,6,11H,5H2,1H3,(H,18,21)(H,19,20)/t11-/m0/s1. The number of benzene rings is 1. The van der Waals surface area contributed by atoms with Crippen molar-refractivity contribution in [1.82, 2.24) is 10.3 Å². The SMILES string of the molecule is Cc1ocnc1C(=O)N[C@@H](CC(=O)O)c1ccc(Cl)c(F)c1. The lowest BCUT2D eigenvalue weighted by atomic mass is 10.0. The molecule has 0 saturated heterocycles. The molecule has 1 heterocycles. The summed E-state index contributed by atoms with van der Waals surface area (Å²) >= 11 is 5.60. The summed E-state index contributed by atoms with van der Waals surface area (Å²) in [4.78, 5) is 26.8. The molecule has 0 radical (unpaired) electrons. The molecular weight excluding hydrogens is 315 g/mol. The van der Waals surface area contributed by atoms with E-state index >= 15 is 0 Å². The van der Waals surface area contributed by atoms with E-state index in [1.54, 1.807) is 6.92 Å². The van der Waals surface area contributed by atoms with E-state index in [2.05, 4.69) is 10.3 Å². The quantitative estimate of drug-likeness (QED) is 0.881. The lowest BCUT2D eigenvalue weighted by Crippen LogP contribution is -2.31. The fourth-order valence-electron chi connectivity index (χ4n) is 1.91. The number of hydrogen-bond acceptors (Lipinski definition) is 4. The highest BCUT2D eigenvalue weighted by Gasteiger charge is 2.22. The molecule has 0 bridgehead atoms. The van der Waals surface area contributed by atoms with E-state index in [0.29, 0.717) is 11.3 Å². The average molecular weight is 327 g/mol. The fourth-order valence-corrected chi connectivity index (χ4v) is 2.02. The number of hydrogen-bond donors (Lipinski definition) is 2. The van der Waals surface area contributed by atoms with E-state index in [1.807, 2.05) is 0 Å². The van der Waals surface area contributed by atoms with E-state index in [0.717, 1.165) is 12.5 Å². The van der Waals surface area contributed by atoms with Gasteiger partial charge in [0.25, 0.3) is 5.91 Å². The van der Waals surface area contributed by atoms with Gasteiger partial charge in [0.1, 0.15) is 11.6 Å². The van der Waals surface area contributed by atoms with Gasteiger partial charge in [-0.15, -0.1) is 0 Å². The number of halogens is 2. The summed E-state index contributed by atoms with van der Waals surface area (Å²) in [6.45, 7) is 1.55. The highest BCUT2D eigenvalue weighted by Crippen LogP contribution is 2.23. The number of aliphatic carboxylic acids is 1. The summed E-state index contributed by atoms with van der Waals surface area (Å²) in [7, 11) is 0. The van der Waals surface area contributed by atoms with Crippen molar-refractivity contribution in [2.24, 2.45) is 0 Å². The molecule has 1 amide bonds. The Hall–Kier alpha value is -2.41. The monoisotopic (exact) mass is 326 g/mol. The molecular formula is C14H12ClFN2O4. The summed E-state index contributed by atoms with van der Waals surface area (Å²) < 4.78 is 18.5. The van der Waals surface area contributed by atoms with Crippen LogP contribution in [0.5, 0.6) is 0 Å². The second kappa shape index (κ2) is 6.57. The van der Waals surface area contributed by atoms with E-state index in [-0.39, 0.29) is 10.7 Å². The van der Waals surface area contributed by atoms with Gasteiger partial charge in [0.15, 0.2) is 12.1 Å². The van der Waals surface area contributed by atoms with Crippen LogP contribution in [-0.4, -0.2) is 22.0 Å². The Morgan fingerprint density at radius 1 is 1.50 bits per heavy atom. The Kier molecular flexibility index (Phi) is 4.77. The van der Waals surface area contributed by atoms with Crippen molar-refractivity contribution in [2.75, 3.05) is 0 Å². The molecule has 0 saturated carbocycles. The predicted molar refractivity (Wildman–Crippen MR) is 75.1 cm³/mol. The van der Waals surface area contributed by atoms with Crippen molar-refractivity contribution in [2.45, 2.75) is 19.4 Å². The molecule has 2 rings (SSSR count). The first-order valence-corrected chi connectivity index (χ1v) is 6.64. The molecule has 22 heavy (non-hydrogen) atoms. The van der Waals surface area contributed by atoms with Gasteiger partial charge in [0.05, 0.1) is 17.5 Å². The van der Waals surface area contributed by atoms with Crippen molar-refractivity contribution in [1.29, 1.82) is 0 Å². The van der Waals surface area contributed by atoms with Crippen molar-refractivity contribution in [3.8, 4) is 0 Å². The normalized spacial score (nSPS) is 12.0. The molecule has 8 heteroatoms. The third-order valence-corrected chi connectivity index (χ3v) is 3.30. The molecule has 1 atom stereocenters. The highest BCUT2D eigenvalue weighted by atomic mass is 35.5. The number of nitrogens with zero attached hydrogens (tertiary/aromatic N) is 1. The number of rotatable bonds is 5. The molecule has 6 nitrogen and oxygen atoms in total. The molecule has 0 unspecified atom stereocenters. The van der Waals surface area contributed by atoms with Gasteiger partial charge in [0.2, 0.25) is 0 Å². The second-order valence-electron chi connectivity index (χ2n) is 4.55. The van der Waals surface area contributed by atoms with Crippen molar-refractivity contribution in [3.63, 3.8) is 0 Å². The number of aryl methyl sites for hydroxylation is 1. The first kappa shape index (κ1) is 16.0. The van der Waals surface area contributed by atoms with E-state index in [1.165, 1.54) is 12.1 Å². The first-order chi connectivity index (χ1) is 10.4. The number of carbonyl (C=O) groups is 2. The van der Waals surface area contributed by atoms with Crippen LogP contribution in [0.4, 0.5) is 4.39 Å². The maximum absolute atomic E-state index is 13.5. The van der Waals surface area contributed by atoms with E-state index < -0.39 is 30.2 Å². The van der Waals surface area contributed by atoms with Gasteiger partial charge in [-0.05, 0) is 24.6 Å². The van der Waals surface area contributed by atoms with Gasteiger partial charge in [-0.25, -0.2) is 9.37 Å². The van der Waals surface area contributed by atoms with Crippen LogP contribution in [0.2, 0.25) is 5.02 Å². The zero-order valence-corrected chi connectivity index (χ0v) is 12.2. The second-order valence-corrected chi connectivity index (χ2v) is 4.96. The topological polar surface area (TPSA) is 92.4 Å².